The van der Waals surface area contributed by atoms with E-state index in [0.29, 0.717) is 17.8 Å². The maximum atomic E-state index is 13.5. The minimum atomic E-state index is -3.96. The fraction of sp³-hybridized carbons (Fsp3) is 0.294. The van der Waals surface area contributed by atoms with Gasteiger partial charge in [-0.25, -0.2) is 22.3 Å². The molecule has 2 aromatic heterocycles. The number of nitrogens with two attached hydrogens (primary N) is 1. The van der Waals surface area contributed by atoms with Gasteiger partial charge in [-0.2, -0.15) is 5.10 Å². The van der Waals surface area contributed by atoms with Crippen molar-refractivity contribution in [3.05, 3.63) is 52.7 Å². The number of aromatic nitrogens is 3. The Balaban J connectivity index is 2.39. The second kappa shape index (κ2) is 6.20. The van der Waals surface area contributed by atoms with E-state index < -0.39 is 15.7 Å². The molecule has 25 heavy (non-hydrogen) atoms. The molecule has 0 spiro atoms. The van der Waals surface area contributed by atoms with Crippen LogP contribution in [0.25, 0.3) is 5.65 Å². The quantitative estimate of drug-likeness (QED) is 0.769. The third-order valence-electron chi connectivity index (χ3n) is 4.27. The van der Waals surface area contributed by atoms with Gasteiger partial charge in [0.2, 0.25) is 9.84 Å². The second-order valence-corrected chi connectivity index (χ2v) is 7.68. The van der Waals surface area contributed by atoms with Gasteiger partial charge in [-0.15, -0.1) is 0 Å². The molecule has 1 aromatic carbocycles. The van der Waals surface area contributed by atoms with Gasteiger partial charge in [0.1, 0.15) is 10.7 Å². The Morgan fingerprint density at radius 1 is 1.28 bits per heavy atom. The third kappa shape index (κ3) is 2.71. The lowest BCUT2D eigenvalue weighted by Gasteiger charge is -2.09. The lowest BCUT2D eigenvalue weighted by molar-refractivity contribution is 0.590. The summed E-state index contributed by atoms with van der Waals surface area (Å²) in [6.45, 7) is 5.72. The summed E-state index contributed by atoms with van der Waals surface area (Å²) in [4.78, 5) is 4.35. The first-order valence-corrected chi connectivity index (χ1v) is 9.38. The molecule has 6 nitrogen and oxygen atoms in total. The van der Waals surface area contributed by atoms with E-state index in [0.717, 1.165) is 17.3 Å². The van der Waals surface area contributed by atoms with Gasteiger partial charge in [0, 0.05) is 23.5 Å². The normalized spacial score (nSPS) is 12.0. The number of halogens is 1. The van der Waals surface area contributed by atoms with Crippen molar-refractivity contribution in [3.63, 3.8) is 0 Å². The van der Waals surface area contributed by atoms with E-state index in [1.54, 1.807) is 6.92 Å². The third-order valence-corrected chi connectivity index (χ3v) is 6.10. The number of hydrogen-bond donors (Lipinski definition) is 1. The van der Waals surface area contributed by atoms with E-state index in [-0.39, 0.29) is 22.0 Å². The average Bonchev–Trinajstić information content (AvgIpc) is 2.94. The van der Waals surface area contributed by atoms with Crippen molar-refractivity contribution in [1.82, 2.24) is 14.6 Å². The van der Waals surface area contributed by atoms with Crippen LogP contribution in [0.3, 0.4) is 0 Å². The molecule has 0 saturated carbocycles. The molecule has 0 saturated heterocycles. The van der Waals surface area contributed by atoms with Gasteiger partial charge in [-0.1, -0.05) is 13.0 Å². The van der Waals surface area contributed by atoms with Crippen LogP contribution in [0.15, 0.2) is 34.1 Å². The molecule has 0 aliphatic rings. The van der Waals surface area contributed by atoms with Crippen molar-refractivity contribution in [1.29, 1.82) is 0 Å². The minimum absolute atomic E-state index is 0.0235. The summed E-state index contributed by atoms with van der Waals surface area (Å²) in [7, 11) is -3.96. The van der Waals surface area contributed by atoms with Gasteiger partial charge < -0.3 is 5.73 Å². The van der Waals surface area contributed by atoms with Gasteiger partial charge in [0.25, 0.3) is 0 Å². The second-order valence-electron chi connectivity index (χ2n) is 5.79. The molecule has 0 radical (unpaired) electrons. The van der Waals surface area contributed by atoms with E-state index in [9.17, 15) is 12.8 Å². The zero-order valence-electron chi connectivity index (χ0n) is 14.2. The fourth-order valence-electron chi connectivity index (χ4n) is 2.94. The zero-order chi connectivity index (χ0) is 18.4. The highest BCUT2D eigenvalue weighted by molar-refractivity contribution is 7.91. The number of sulfone groups is 1. The summed E-state index contributed by atoms with van der Waals surface area (Å²) in [5, 5.41) is 4.42. The van der Waals surface area contributed by atoms with Crippen molar-refractivity contribution in [2.24, 2.45) is 5.73 Å². The van der Waals surface area contributed by atoms with Crippen LogP contribution in [-0.2, 0) is 22.8 Å². The molecule has 3 aromatic rings. The Kier molecular flexibility index (Phi) is 4.34. The molecule has 0 aliphatic carbocycles. The lowest BCUT2D eigenvalue weighted by Crippen LogP contribution is -2.10. The van der Waals surface area contributed by atoms with Crippen LogP contribution in [0.5, 0.6) is 0 Å². The Bertz CT molecular complexity index is 1070. The molecule has 0 amide bonds. The van der Waals surface area contributed by atoms with Gasteiger partial charge >= 0.3 is 0 Å². The molecule has 0 unspecified atom stereocenters. The summed E-state index contributed by atoms with van der Waals surface area (Å²) in [5.41, 5.74) is 8.65. The molecule has 2 heterocycles. The van der Waals surface area contributed by atoms with E-state index in [2.05, 4.69) is 10.1 Å². The zero-order valence-corrected chi connectivity index (χ0v) is 15.1. The molecule has 2 N–H and O–H groups in total. The summed E-state index contributed by atoms with van der Waals surface area (Å²) < 4.78 is 41.3. The van der Waals surface area contributed by atoms with Crippen molar-refractivity contribution >= 4 is 15.5 Å². The molecule has 8 heteroatoms. The van der Waals surface area contributed by atoms with Crippen molar-refractivity contribution in [2.75, 3.05) is 0 Å². The summed E-state index contributed by atoms with van der Waals surface area (Å²) in [6.07, 6.45) is 0.406. The molecular formula is C17H19FN4O2S. The van der Waals surface area contributed by atoms with Crippen LogP contribution in [0, 0.1) is 19.7 Å². The Labute approximate surface area is 145 Å². The van der Waals surface area contributed by atoms with E-state index >= 15 is 0 Å². The van der Waals surface area contributed by atoms with E-state index in [4.69, 9.17) is 5.73 Å². The predicted molar refractivity (Wildman–Crippen MR) is 91.6 cm³/mol. The highest BCUT2D eigenvalue weighted by Gasteiger charge is 2.29. The smallest absolute Gasteiger partial charge is 0.212 e. The summed E-state index contributed by atoms with van der Waals surface area (Å²) in [6, 6.07) is 4.95. The predicted octanol–water partition coefficient (Wildman–Crippen LogP) is 2.34. The SMILES string of the molecule is CCc1nn2c(C)c(CN)c(C)nc2c1S(=O)(=O)c1cccc(F)c1. The number of nitrogens with zero attached hydrogens (tertiary/aromatic N) is 3. The molecular weight excluding hydrogens is 343 g/mol. The monoisotopic (exact) mass is 362 g/mol. The Morgan fingerprint density at radius 2 is 2.00 bits per heavy atom. The molecule has 0 bridgehead atoms. The van der Waals surface area contributed by atoms with Crippen LogP contribution in [0.1, 0.15) is 29.6 Å². The first kappa shape index (κ1) is 17.5. The Hall–Kier alpha value is -2.32. The average molecular weight is 362 g/mol. The number of aryl methyl sites for hydroxylation is 3. The largest absolute Gasteiger partial charge is 0.326 e. The van der Waals surface area contributed by atoms with Gasteiger partial charge in [-0.05, 0) is 38.5 Å². The number of rotatable bonds is 4. The van der Waals surface area contributed by atoms with Gasteiger partial charge in [0.15, 0.2) is 5.65 Å². The Morgan fingerprint density at radius 3 is 2.60 bits per heavy atom. The van der Waals surface area contributed by atoms with Crippen LogP contribution in [-0.4, -0.2) is 23.0 Å². The van der Waals surface area contributed by atoms with Crippen LogP contribution >= 0.6 is 0 Å². The highest BCUT2D eigenvalue weighted by Crippen LogP contribution is 2.29. The topological polar surface area (TPSA) is 90.3 Å². The molecule has 3 rings (SSSR count). The van der Waals surface area contributed by atoms with Crippen molar-refractivity contribution in [3.8, 4) is 0 Å². The fourth-order valence-corrected chi connectivity index (χ4v) is 4.57. The van der Waals surface area contributed by atoms with E-state index in [1.165, 1.54) is 22.7 Å². The van der Waals surface area contributed by atoms with Gasteiger partial charge in [0.05, 0.1) is 10.6 Å². The van der Waals surface area contributed by atoms with Crippen LogP contribution in [0.2, 0.25) is 0 Å². The molecule has 0 aliphatic heterocycles. The molecule has 0 fully saturated rings. The number of fused-ring (bicyclic) bond motifs is 1. The molecule has 132 valence electrons. The first-order valence-electron chi connectivity index (χ1n) is 7.89. The summed E-state index contributed by atoms with van der Waals surface area (Å²) >= 11 is 0. The summed E-state index contributed by atoms with van der Waals surface area (Å²) in [5.74, 6) is -0.610. The van der Waals surface area contributed by atoms with Crippen molar-refractivity contribution in [2.45, 2.75) is 43.5 Å². The maximum Gasteiger partial charge on any atom is 0.212 e. The van der Waals surface area contributed by atoms with Crippen LogP contribution < -0.4 is 5.73 Å². The minimum Gasteiger partial charge on any atom is -0.326 e. The van der Waals surface area contributed by atoms with E-state index in [1.807, 2.05) is 13.8 Å². The van der Waals surface area contributed by atoms with Gasteiger partial charge in [-0.3, -0.25) is 0 Å². The lowest BCUT2D eigenvalue weighted by atomic mass is 10.2. The highest BCUT2D eigenvalue weighted by atomic mass is 32.2. The number of benzene rings is 1. The van der Waals surface area contributed by atoms with Crippen LogP contribution in [0.4, 0.5) is 4.39 Å². The number of hydrogen-bond acceptors (Lipinski definition) is 5. The maximum absolute atomic E-state index is 13.5. The van der Waals surface area contributed by atoms with Crippen molar-refractivity contribution < 1.29 is 12.8 Å². The molecule has 0 atom stereocenters. The first-order chi connectivity index (χ1) is 11.8. The standard InChI is InChI=1S/C17H19FN4O2S/c1-4-15-16(25(23,24)13-7-5-6-12(18)8-13)17-20-10(2)14(9-19)11(3)22(17)21-15/h5-8H,4,9,19H2,1-3H3.